The SMILES string of the molecule is CC(C)(C)c1ccc(C(=O)NCC(=O)NC2CCOc3ccccc32)cc1. The minimum absolute atomic E-state index is 0.0366. The van der Waals surface area contributed by atoms with Crippen LogP contribution in [0.4, 0.5) is 0 Å². The quantitative estimate of drug-likeness (QED) is 0.872. The van der Waals surface area contributed by atoms with E-state index in [0.717, 1.165) is 16.9 Å². The Balaban J connectivity index is 1.54. The molecule has 1 atom stereocenters. The number of fused-ring (bicyclic) bond motifs is 1. The minimum atomic E-state index is -0.252. The van der Waals surface area contributed by atoms with E-state index in [2.05, 4.69) is 31.4 Å². The summed E-state index contributed by atoms with van der Waals surface area (Å²) < 4.78 is 5.60. The number of carbonyl (C=O) groups is 2. The van der Waals surface area contributed by atoms with Gasteiger partial charge >= 0.3 is 0 Å². The molecule has 5 heteroatoms. The first-order valence-electron chi connectivity index (χ1n) is 9.24. The molecule has 2 N–H and O–H groups in total. The summed E-state index contributed by atoms with van der Waals surface area (Å²) in [6.07, 6.45) is 0.713. The van der Waals surface area contributed by atoms with E-state index in [9.17, 15) is 9.59 Å². The highest BCUT2D eigenvalue weighted by Gasteiger charge is 2.22. The predicted octanol–water partition coefficient (Wildman–Crippen LogP) is 3.35. The highest BCUT2D eigenvalue weighted by molar-refractivity contribution is 5.96. The molecule has 0 radical (unpaired) electrons. The van der Waals surface area contributed by atoms with Crippen molar-refractivity contribution >= 4 is 11.8 Å². The van der Waals surface area contributed by atoms with Crippen molar-refractivity contribution in [2.45, 2.75) is 38.6 Å². The van der Waals surface area contributed by atoms with Crippen LogP contribution in [0.3, 0.4) is 0 Å². The summed E-state index contributed by atoms with van der Waals surface area (Å²) in [4.78, 5) is 24.6. The standard InChI is InChI=1S/C22H26N2O3/c1-22(2,3)16-10-8-15(9-11-16)21(26)23-14-20(25)24-18-12-13-27-19-7-5-4-6-17(18)19/h4-11,18H,12-14H2,1-3H3,(H,23,26)(H,24,25). The normalized spacial score (nSPS) is 16.0. The minimum Gasteiger partial charge on any atom is -0.493 e. The van der Waals surface area contributed by atoms with Gasteiger partial charge in [-0.2, -0.15) is 0 Å². The van der Waals surface area contributed by atoms with E-state index < -0.39 is 0 Å². The molecule has 0 bridgehead atoms. The zero-order valence-corrected chi connectivity index (χ0v) is 16.0. The van der Waals surface area contributed by atoms with Crippen LogP contribution < -0.4 is 15.4 Å². The Labute approximate surface area is 160 Å². The zero-order valence-electron chi connectivity index (χ0n) is 16.0. The Hall–Kier alpha value is -2.82. The summed E-state index contributed by atoms with van der Waals surface area (Å²) in [6.45, 7) is 6.89. The van der Waals surface area contributed by atoms with Gasteiger partial charge in [-0.25, -0.2) is 0 Å². The van der Waals surface area contributed by atoms with Crippen LogP contribution in [0.1, 0.15) is 54.7 Å². The fraction of sp³-hybridized carbons (Fsp3) is 0.364. The van der Waals surface area contributed by atoms with Gasteiger partial charge in [0, 0.05) is 17.5 Å². The van der Waals surface area contributed by atoms with Gasteiger partial charge in [0.15, 0.2) is 0 Å². The Morgan fingerprint density at radius 2 is 1.78 bits per heavy atom. The average Bonchev–Trinajstić information content (AvgIpc) is 2.66. The Morgan fingerprint density at radius 1 is 1.07 bits per heavy atom. The van der Waals surface area contributed by atoms with E-state index in [4.69, 9.17) is 4.74 Å². The topological polar surface area (TPSA) is 67.4 Å². The van der Waals surface area contributed by atoms with Crippen molar-refractivity contribution < 1.29 is 14.3 Å². The molecule has 0 saturated carbocycles. The molecule has 0 spiro atoms. The number of ether oxygens (including phenoxy) is 1. The third-order valence-electron chi connectivity index (χ3n) is 4.72. The molecule has 5 nitrogen and oxygen atoms in total. The largest absolute Gasteiger partial charge is 0.493 e. The predicted molar refractivity (Wildman–Crippen MR) is 105 cm³/mol. The van der Waals surface area contributed by atoms with Crippen molar-refractivity contribution in [1.29, 1.82) is 0 Å². The number of hydrogen-bond acceptors (Lipinski definition) is 3. The maximum atomic E-state index is 12.3. The summed E-state index contributed by atoms with van der Waals surface area (Å²) in [5.41, 5.74) is 2.72. The Bertz CT molecular complexity index is 822. The first kappa shape index (κ1) is 19.0. The summed E-state index contributed by atoms with van der Waals surface area (Å²) >= 11 is 0. The average molecular weight is 366 g/mol. The van der Waals surface area contributed by atoms with Crippen LogP contribution in [0.5, 0.6) is 5.75 Å². The molecule has 3 rings (SSSR count). The van der Waals surface area contributed by atoms with E-state index in [1.54, 1.807) is 12.1 Å². The van der Waals surface area contributed by atoms with Crippen molar-refractivity contribution in [2.75, 3.05) is 13.2 Å². The highest BCUT2D eigenvalue weighted by atomic mass is 16.5. The van der Waals surface area contributed by atoms with Crippen molar-refractivity contribution in [1.82, 2.24) is 10.6 Å². The van der Waals surface area contributed by atoms with Gasteiger partial charge in [-0.3, -0.25) is 9.59 Å². The summed E-state index contributed by atoms with van der Waals surface area (Å²) in [7, 11) is 0. The zero-order chi connectivity index (χ0) is 19.4. The van der Waals surface area contributed by atoms with E-state index in [1.807, 2.05) is 36.4 Å². The second kappa shape index (κ2) is 7.82. The van der Waals surface area contributed by atoms with Crippen LogP contribution in [0.15, 0.2) is 48.5 Å². The third kappa shape index (κ3) is 4.67. The fourth-order valence-corrected chi connectivity index (χ4v) is 3.12. The van der Waals surface area contributed by atoms with Gasteiger partial charge in [-0.05, 0) is 29.2 Å². The highest BCUT2D eigenvalue weighted by Crippen LogP contribution is 2.31. The van der Waals surface area contributed by atoms with Crippen molar-refractivity contribution in [3.63, 3.8) is 0 Å². The molecular formula is C22H26N2O3. The first-order chi connectivity index (χ1) is 12.8. The van der Waals surface area contributed by atoms with Gasteiger partial charge in [-0.1, -0.05) is 51.1 Å². The van der Waals surface area contributed by atoms with Crippen LogP contribution in [-0.2, 0) is 10.2 Å². The molecule has 2 aromatic rings. The van der Waals surface area contributed by atoms with Gasteiger partial charge in [0.25, 0.3) is 5.91 Å². The fourth-order valence-electron chi connectivity index (χ4n) is 3.12. The number of rotatable bonds is 4. The number of benzene rings is 2. The van der Waals surface area contributed by atoms with Crippen LogP contribution in [-0.4, -0.2) is 25.0 Å². The van der Waals surface area contributed by atoms with Crippen molar-refractivity contribution in [3.8, 4) is 5.75 Å². The maximum Gasteiger partial charge on any atom is 0.251 e. The smallest absolute Gasteiger partial charge is 0.251 e. The van der Waals surface area contributed by atoms with E-state index >= 15 is 0 Å². The molecule has 0 saturated heterocycles. The lowest BCUT2D eigenvalue weighted by molar-refractivity contribution is -0.121. The molecule has 1 aliphatic heterocycles. The molecular weight excluding hydrogens is 340 g/mol. The summed E-state index contributed by atoms with van der Waals surface area (Å²) in [5, 5.41) is 5.67. The van der Waals surface area contributed by atoms with Crippen LogP contribution >= 0.6 is 0 Å². The van der Waals surface area contributed by atoms with Crippen LogP contribution in [0, 0.1) is 0 Å². The third-order valence-corrected chi connectivity index (χ3v) is 4.72. The maximum absolute atomic E-state index is 12.3. The lowest BCUT2D eigenvalue weighted by Crippen LogP contribution is -2.40. The van der Waals surface area contributed by atoms with E-state index in [1.165, 1.54) is 0 Å². The molecule has 27 heavy (non-hydrogen) atoms. The van der Waals surface area contributed by atoms with E-state index in [0.29, 0.717) is 18.6 Å². The lowest BCUT2D eigenvalue weighted by atomic mass is 9.87. The van der Waals surface area contributed by atoms with Gasteiger partial charge in [-0.15, -0.1) is 0 Å². The number of hydrogen-bond donors (Lipinski definition) is 2. The molecule has 2 aromatic carbocycles. The molecule has 2 amide bonds. The Kier molecular flexibility index (Phi) is 5.49. The second-order valence-electron chi connectivity index (χ2n) is 7.81. The molecule has 142 valence electrons. The monoisotopic (exact) mass is 366 g/mol. The molecule has 0 fully saturated rings. The van der Waals surface area contributed by atoms with Gasteiger partial charge in [0.1, 0.15) is 5.75 Å². The van der Waals surface area contributed by atoms with Gasteiger partial charge in [0.05, 0.1) is 19.2 Å². The molecule has 1 heterocycles. The Morgan fingerprint density at radius 3 is 2.48 bits per heavy atom. The van der Waals surface area contributed by atoms with Crippen LogP contribution in [0.25, 0.3) is 0 Å². The van der Waals surface area contributed by atoms with Crippen molar-refractivity contribution in [2.24, 2.45) is 0 Å². The molecule has 0 aliphatic carbocycles. The second-order valence-corrected chi connectivity index (χ2v) is 7.81. The number of para-hydroxylation sites is 1. The number of nitrogens with one attached hydrogen (secondary N) is 2. The van der Waals surface area contributed by atoms with Crippen molar-refractivity contribution in [3.05, 3.63) is 65.2 Å². The number of carbonyl (C=O) groups excluding carboxylic acids is 2. The van der Waals surface area contributed by atoms with Crippen LogP contribution in [0.2, 0.25) is 0 Å². The number of amides is 2. The summed E-state index contributed by atoms with van der Waals surface area (Å²) in [6, 6.07) is 15.1. The first-order valence-corrected chi connectivity index (χ1v) is 9.24. The van der Waals surface area contributed by atoms with E-state index in [-0.39, 0.29) is 29.8 Å². The molecule has 1 unspecified atom stereocenters. The molecule has 0 aromatic heterocycles. The van der Waals surface area contributed by atoms with Gasteiger partial charge < -0.3 is 15.4 Å². The molecule has 1 aliphatic rings. The lowest BCUT2D eigenvalue weighted by Gasteiger charge is -2.26. The summed E-state index contributed by atoms with van der Waals surface area (Å²) in [5.74, 6) is 0.339. The van der Waals surface area contributed by atoms with Gasteiger partial charge in [0.2, 0.25) is 5.91 Å².